The van der Waals surface area contributed by atoms with Crippen molar-refractivity contribution in [2.75, 3.05) is 26.2 Å². The number of morpholine rings is 1. The van der Waals surface area contributed by atoms with E-state index >= 15 is 0 Å². The molecule has 9 nitrogen and oxygen atoms in total. The molecule has 2 aromatic heterocycles. The molecule has 0 saturated carbocycles. The van der Waals surface area contributed by atoms with Gasteiger partial charge in [0.2, 0.25) is 5.91 Å². The summed E-state index contributed by atoms with van der Waals surface area (Å²) in [6.45, 7) is 8.14. The summed E-state index contributed by atoms with van der Waals surface area (Å²) in [4.78, 5) is 18.5. The molecule has 0 bridgehead atoms. The lowest BCUT2D eigenvalue weighted by Crippen LogP contribution is -2.44. The number of nitrogens with one attached hydrogen (secondary N) is 2. The Morgan fingerprint density at radius 3 is 2.92 bits per heavy atom. The molecule has 3 rings (SSSR count). The summed E-state index contributed by atoms with van der Waals surface area (Å²) in [7, 11) is 0. The summed E-state index contributed by atoms with van der Waals surface area (Å²) in [5, 5.41) is 13.8. The number of carbonyl (C=O) groups is 1. The number of hydrogen-bond donors (Lipinski definition) is 2. The second-order valence-electron chi connectivity index (χ2n) is 5.95. The van der Waals surface area contributed by atoms with Crippen molar-refractivity contribution in [2.24, 2.45) is 0 Å². The normalized spacial score (nSPS) is 18.7. The molecule has 0 spiro atoms. The number of nitrogens with zero attached hydrogens (tertiary/aromatic N) is 4. The van der Waals surface area contributed by atoms with Crippen molar-refractivity contribution in [1.82, 2.24) is 30.6 Å². The Morgan fingerprint density at radius 1 is 1.42 bits per heavy atom. The highest BCUT2D eigenvalue weighted by atomic mass is 16.5. The molecule has 1 aliphatic rings. The van der Waals surface area contributed by atoms with Crippen LogP contribution in [-0.4, -0.2) is 57.4 Å². The van der Waals surface area contributed by atoms with Gasteiger partial charge in [0.25, 0.3) is 0 Å². The lowest BCUT2D eigenvalue weighted by molar-refractivity contribution is -0.124. The van der Waals surface area contributed by atoms with Crippen LogP contribution in [0.15, 0.2) is 4.52 Å². The van der Waals surface area contributed by atoms with E-state index in [9.17, 15) is 4.79 Å². The van der Waals surface area contributed by atoms with Crippen LogP contribution in [0.1, 0.15) is 34.8 Å². The Hall–Kier alpha value is -2.26. The fraction of sp³-hybridized carbons (Fsp3) is 0.600. The van der Waals surface area contributed by atoms with Gasteiger partial charge in [0.15, 0.2) is 5.82 Å². The number of aromatic nitrogens is 4. The number of rotatable bonds is 5. The van der Waals surface area contributed by atoms with Gasteiger partial charge in [-0.3, -0.25) is 14.8 Å². The smallest absolute Gasteiger partial charge is 0.234 e. The standard InChI is InChI=1S/C15H22N6O3/c1-9-12(10(2)24-20-9)6-16-14(22)8-21-4-5-23-13(7-21)15-17-11(3)18-19-15/h13H,4-8H2,1-3H3,(H,16,22)(H,17,18,19)/t13-/m0/s1. The zero-order valence-corrected chi connectivity index (χ0v) is 14.1. The molecule has 9 heteroatoms. The molecule has 1 aliphatic heterocycles. The van der Waals surface area contributed by atoms with E-state index < -0.39 is 0 Å². The fourth-order valence-corrected chi connectivity index (χ4v) is 2.71. The first kappa shape index (κ1) is 16.6. The minimum Gasteiger partial charge on any atom is -0.367 e. The molecule has 1 saturated heterocycles. The summed E-state index contributed by atoms with van der Waals surface area (Å²) in [5.41, 5.74) is 1.73. The highest BCUT2D eigenvalue weighted by molar-refractivity contribution is 5.78. The third kappa shape index (κ3) is 3.80. The molecule has 2 N–H and O–H groups in total. The summed E-state index contributed by atoms with van der Waals surface area (Å²) in [6.07, 6.45) is -0.209. The van der Waals surface area contributed by atoms with Gasteiger partial charge in [-0.05, 0) is 20.8 Å². The Labute approximate surface area is 139 Å². The first-order valence-electron chi connectivity index (χ1n) is 7.94. The number of carbonyl (C=O) groups excluding carboxylic acids is 1. The monoisotopic (exact) mass is 334 g/mol. The van der Waals surface area contributed by atoms with Crippen LogP contribution in [0, 0.1) is 20.8 Å². The number of ether oxygens (including phenoxy) is 1. The summed E-state index contributed by atoms with van der Waals surface area (Å²) in [5.74, 6) is 2.08. The Kier molecular flexibility index (Phi) is 4.91. The number of H-pyrrole nitrogens is 1. The molecule has 24 heavy (non-hydrogen) atoms. The van der Waals surface area contributed by atoms with Crippen molar-refractivity contribution < 1.29 is 14.1 Å². The largest absolute Gasteiger partial charge is 0.367 e. The van der Waals surface area contributed by atoms with Crippen molar-refractivity contribution in [3.63, 3.8) is 0 Å². The van der Waals surface area contributed by atoms with Gasteiger partial charge in [-0.1, -0.05) is 5.16 Å². The number of aromatic amines is 1. The minimum absolute atomic E-state index is 0.0400. The van der Waals surface area contributed by atoms with Crippen LogP contribution in [0.3, 0.4) is 0 Å². The average molecular weight is 334 g/mol. The lowest BCUT2D eigenvalue weighted by Gasteiger charge is -2.30. The third-order valence-corrected chi connectivity index (χ3v) is 4.06. The topological polar surface area (TPSA) is 109 Å². The molecule has 1 atom stereocenters. The molecular formula is C15H22N6O3. The van der Waals surface area contributed by atoms with Gasteiger partial charge in [-0.2, -0.15) is 5.10 Å². The van der Waals surface area contributed by atoms with Crippen molar-refractivity contribution in [3.05, 3.63) is 28.7 Å². The minimum atomic E-state index is -0.209. The SMILES string of the molecule is Cc1nc([C@@H]2CN(CC(=O)NCc3c(C)noc3C)CCO2)n[nH]1. The van der Waals surface area contributed by atoms with Gasteiger partial charge in [0.05, 0.1) is 18.8 Å². The molecule has 1 fully saturated rings. The highest BCUT2D eigenvalue weighted by Crippen LogP contribution is 2.18. The van der Waals surface area contributed by atoms with Crippen LogP contribution in [0.2, 0.25) is 0 Å². The van der Waals surface area contributed by atoms with Crippen LogP contribution in [0.5, 0.6) is 0 Å². The molecule has 2 aromatic rings. The maximum atomic E-state index is 12.2. The van der Waals surface area contributed by atoms with Crippen molar-refractivity contribution in [3.8, 4) is 0 Å². The second-order valence-corrected chi connectivity index (χ2v) is 5.95. The summed E-state index contributed by atoms with van der Waals surface area (Å²) < 4.78 is 10.8. The lowest BCUT2D eigenvalue weighted by atomic mass is 10.2. The Morgan fingerprint density at radius 2 is 2.25 bits per heavy atom. The molecule has 0 radical (unpaired) electrons. The maximum absolute atomic E-state index is 12.2. The maximum Gasteiger partial charge on any atom is 0.234 e. The number of hydrogen-bond acceptors (Lipinski definition) is 7. The van der Waals surface area contributed by atoms with Crippen molar-refractivity contribution >= 4 is 5.91 Å². The van der Waals surface area contributed by atoms with E-state index in [2.05, 4.69) is 25.7 Å². The first-order chi connectivity index (χ1) is 11.5. The van der Waals surface area contributed by atoms with Gasteiger partial charge < -0.3 is 14.6 Å². The van der Waals surface area contributed by atoms with Crippen LogP contribution in [0.4, 0.5) is 0 Å². The Bertz CT molecular complexity index is 690. The first-order valence-corrected chi connectivity index (χ1v) is 7.94. The summed E-state index contributed by atoms with van der Waals surface area (Å²) >= 11 is 0. The number of amides is 1. The van der Waals surface area contributed by atoms with E-state index in [4.69, 9.17) is 9.26 Å². The molecule has 0 aromatic carbocycles. The zero-order chi connectivity index (χ0) is 17.1. The predicted molar refractivity (Wildman–Crippen MR) is 84.1 cm³/mol. The van der Waals surface area contributed by atoms with Crippen LogP contribution >= 0.6 is 0 Å². The van der Waals surface area contributed by atoms with E-state index in [0.29, 0.717) is 38.6 Å². The average Bonchev–Trinajstić information content (AvgIpc) is 3.12. The summed E-state index contributed by atoms with van der Waals surface area (Å²) in [6, 6.07) is 0. The van der Waals surface area contributed by atoms with Crippen molar-refractivity contribution in [1.29, 1.82) is 0 Å². The highest BCUT2D eigenvalue weighted by Gasteiger charge is 2.26. The van der Waals surface area contributed by atoms with E-state index in [1.54, 1.807) is 0 Å². The van der Waals surface area contributed by atoms with Gasteiger partial charge >= 0.3 is 0 Å². The molecule has 1 amide bonds. The van der Waals surface area contributed by atoms with E-state index in [-0.39, 0.29) is 12.0 Å². The van der Waals surface area contributed by atoms with Crippen molar-refractivity contribution in [2.45, 2.75) is 33.4 Å². The van der Waals surface area contributed by atoms with Gasteiger partial charge in [-0.15, -0.1) is 0 Å². The van der Waals surface area contributed by atoms with Crippen LogP contribution < -0.4 is 5.32 Å². The molecular weight excluding hydrogens is 312 g/mol. The zero-order valence-electron chi connectivity index (χ0n) is 14.1. The molecule has 130 valence electrons. The van der Waals surface area contributed by atoms with Gasteiger partial charge in [-0.25, -0.2) is 4.98 Å². The predicted octanol–water partition coefficient (Wildman–Crippen LogP) is 0.408. The van der Waals surface area contributed by atoms with Crippen LogP contribution in [0.25, 0.3) is 0 Å². The van der Waals surface area contributed by atoms with Crippen LogP contribution in [-0.2, 0) is 16.1 Å². The van der Waals surface area contributed by atoms with Gasteiger partial charge in [0.1, 0.15) is 17.7 Å². The molecule has 3 heterocycles. The van der Waals surface area contributed by atoms with E-state index in [1.807, 2.05) is 25.7 Å². The second kappa shape index (κ2) is 7.10. The quantitative estimate of drug-likeness (QED) is 0.815. The number of aryl methyl sites for hydroxylation is 3. The third-order valence-electron chi connectivity index (χ3n) is 4.06. The Balaban J connectivity index is 1.51. The fourth-order valence-electron chi connectivity index (χ4n) is 2.71. The van der Waals surface area contributed by atoms with E-state index in [0.717, 1.165) is 22.8 Å². The molecule has 0 aliphatic carbocycles. The molecule has 0 unspecified atom stereocenters. The van der Waals surface area contributed by atoms with E-state index in [1.165, 1.54) is 0 Å². The van der Waals surface area contributed by atoms with Gasteiger partial charge in [0, 0.05) is 25.2 Å².